The normalized spacial score (nSPS) is 10.6. The Hall–Kier alpha value is -4.20. The van der Waals surface area contributed by atoms with Gasteiger partial charge in [-0.3, -0.25) is 0 Å². The molecule has 0 aliphatic carbocycles. The number of aromatic nitrogens is 3. The Morgan fingerprint density at radius 3 is 2.66 bits per heavy atom. The fourth-order valence-corrected chi connectivity index (χ4v) is 3.06. The van der Waals surface area contributed by atoms with Crippen LogP contribution in [0.25, 0.3) is 11.4 Å². The van der Waals surface area contributed by atoms with Crippen molar-refractivity contribution in [2.24, 2.45) is 0 Å². The predicted octanol–water partition coefficient (Wildman–Crippen LogP) is 4.94. The van der Waals surface area contributed by atoms with Gasteiger partial charge in [0.1, 0.15) is 17.1 Å². The van der Waals surface area contributed by atoms with E-state index in [4.69, 9.17) is 14.0 Å². The summed E-state index contributed by atoms with van der Waals surface area (Å²) in [6, 6.07) is 18.4. The van der Waals surface area contributed by atoms with E-state index >= 15 is 0 Å². The number of ether oxygens (including phenoxy) is 2. The van der Waals surface area contributed by atoms with Crippen LogP contribution >= 0.6 is 0 Å². The topological polar surface area (TPSA) is 99.4 Å². The van der Waals surface area contributed by atoms with Gasteiger partial charge in [0.2, 0.25) is 5.82 Å². The Morgan fingerprint density at radius 1 is 1.06 bits per heavy atom. The van der Waals surface area contributed by atoms with Crippen LogP contribution in [0.2, 0.25) is 0 Å². The number of nitrogens with zero attached hydrogens (tertiary/aromatic N) is 3. The van der Waals surface area contributed by atoms with Crippen molar-refractivity contribution in [3.05, 3.63) is 83.9 Å². The molecule has 4 aromatic rings. The average Bonchev–Trinajstić information content (AvgIpc) is 3.28. The minimum atomic E-state index is -0.554. The molecule has 2 aromatic carbocycles. The van der Waals surface area contributed by atoms with E-state index in [0.29, 0.717) is 23.8 Å². The molecule has 0 saturated carbocycles. The summed E-state index contributed by atoms with van der Waals surface area (Å²) in [7, 11) is 0. The van der Waals surface area contributed by atoms with Crippen LogP contribution in [0.1, 0.15) is 28.7 Å². The summed E-state index contributed by atoms with van der Waals surface area (Å²) in [5.41, 5.74) is 2.95. The van der Waals surface area contributed by atoms with E-state index in [9.17, 15) is 4.79 Å². The monoisotopic (exact) mass is 430 g/mol. The summed E-state index contributed by atoms with van der Waals surface area (Å²) in [6.07, 6.45) is 1.60. The van der Waals surface area contributed by atoms with Gasteiger partial charge >= 0.3 is 5.97 Å². The van der Waals surface area contributed by atoms with Crippen molar-refractivity contribution in [3.63, 3.8) is 0 Å². The van der Waals surface area contributed by atoms with E-state index in [1.54, 1.807) is 18.3 Å². The van der Waals surface area contributed by atoms with E-state index < -0.39 is 5.97 Å². The lowest BCUT2D eigenvalue weighted by Crippen LogP contribution is -2.09. The number of carbonyl (C=O) groups is 1. The summed E-state index contributed by atoms with van der Waals surface area (Å²) in [5.74, 6) is 1.26. The largest absolute Gasteiger partial charge is 0.494 e. The zero-order valence-corrected chi connectivity index (χ0v) is 17.7. The smallest absolute Gasteiger partial charge is 0.342 e. The van der Waals surface area contributed by atoms with Crippen molar-refractivity contribution < 1.29 is 18.8 Å². The zero-order valence-electron chi connectivity index (χ0n) is 17.7. The van der Waals surface area contributed by atoms with Crippen molar-refractivity contribution in [2.75, 3.05) is 11.9 Å². The highest BCUT2D eigenvalue weighted by Crippen LogP contribution is 2.23. The number of rotatable bonds is 8. The number of carbonyl (C=O) groups excluding carboxylic acids is 1. The number of hydrogen-bond acceptors (Lipinski definition) is 8. The lowest BCUT2D eigenvalue weighted by molar-refractivity contribution is 0.0430. The van der Waals surface area contributed by atoms with Crippen molar-refractivity contribution in [1.82, 2.24) is 15.1 Å². The van der Waals surface area contributed by atoms with E-state index in [2.05, 4.69) is 20.4 Å². The third-order valence-electron chi connectivity index (χ3n) is 4.64. The van der Waals surface area contributed by atoms with Crippen LogP contribution in [-0.4, -0.2) is 27.7 Å². The maximum Gasteiger partial charge on any atom is 0.342 e. The highest BCUT2D eigenvalue weighted by molar-refractivity contribution is 5.95. The Bertz CT molecular complexity index is 1200. The summed E-state index contributed by atoms with van der Waals surface area (Å²) < 4.78 is 16.1. The van der Waals surface area contributed by atoms with Crippen molar-refractivity contribution >= 4 is 17.5 Å². The number of hydrogen-bond donors (Lipinski definition) is 1. The standard InChI is InChI=1S/C24H22N4O4/c1-3-30-18-12-10-17(11-13-18)26-22-20(9-6-14-25-22)24(29)31-15-21-27-23(28-32-21)19-8-5-4-7-16(19)2/h4-14H,3,15H2,1-2H3,(H,25,26). The van der Waals surface area contributed by atoms with Gasteiger partial charge in [-0.25, -0.2) is 9.78 Å². The number of esters is 1. The molecule has 0 radical (unpaired) electrons. The Labute approximate surface area is 185 Å². The number of anilines is 2. The first-order chi connectivity index (χ1) is 15.6. The first-order valence-corrected chi connectivity index (χ1v) is 10.1. The Morgan fingerprint density at radius 2 is 1.88 bits per heavy atom. The van der Waals surface area contributed by atoms with E-state index in [1.807, 2.05) is 62.4 Å². The molecule has 8 nitrogen and oxygen atoms in total. The highest BCUT2D eigenvalue weighted by atomic mass is 16.6. The molecule has 0 aliphatic heterocycles. The molecule has 2 aromatic heterocycles. The minimum Gasteiger partial charge on any atom is -0.494 e. The van der Waals surface area contributed by atoms with Crippen LogP contribution in [0, 0.1) is 6.92 Å². The van der Waals surface area contributed by atoms with Gasteiger partial charge < -0.3 is 19.3 Å². The summed E-state index contributed by atoms with van der Waals surface area (Å²) in [6.45, 7) is 4.34. The molecular weight excluding hydrogens is 408 g/mol. The molecule has 0 unspecified atom stereocenters. The van der Waals surface area contributed by atoms with Gasteiger partial charge in [-0.1, -0.05) is 29.4 Å². The fourth-order valence-electron chi connectivity index (χ4n) is 3.06. The zero-order chi connectivity index (χ0) is 22.3. The van der Waals surface area contributed by atoms with Crippen LogP contribution in [0.4, 0.5) is 11.5 Å². The summed E-state index contributed by atoms with van der Waals surface area (Å²) in [4.78, 5) is 21.3. The van der Waals surface area contributed by atoms with Crippen LogP contribution in [0.3, 0.4) is 0 Å². The Kier molecular flexibility index (Phi) is 6.41. The average molecular weight is 430 g/mol. The van der Waals surface area contributed by atoms with E-state index in [-0.39, 0.29) is 12.5 Å². The van der Waals surface area contributed by atoms with Crippen LogP contribution < -0.4 is 10.1 Å². The van der Waals surface area contributed by atoms with Crippen molar-refractivity contribution in [3.8, 4) is 17.1 Å². The third kappa shape index (κ3) is 4.92. The molecule has 4 rings (SSSR count). The van der Waals surface area contributed by atoms with E-state index in [0.717, 1.165) is 22.6 Å². The lowest BCUT2D eigenvalue weighted by Gasteiger charge is -2.11. The summed E-state index contributed by atoms with van der Waals surface area (Å²) >= 11 is 0. The third-order valence-corrected chi connectivity index (χ3v) is 4.64. The number of pyridine rings is 1. The summed E-state index contributed by atoms with van der Waals surface area (Å²) in [5, 5.41) is 7.11. The quantitative estimate of drug-likeness (QED) is 0.393. The maximum atomic E-state index is 12.7. The minimum absolute atomic E-state index is 0.144. The van der Waals surface area contributed by atoms with Gasteiger partial charge in [-0.15, -0.1) is 0 Å². The maximum absolute atomic E-state index is 12.7. The van der Waals surface area contributed by atoms with Crippen molar-refractivity contribution in [1.29, 1.82) is 0 Å². The molecule has 0 atom stereocenters. The molecule has 1 N–H and O–H groups in total. The second-order valence-corrected chi connectivity index (χ2v) is 6.88. The molecule has 0 amide bonds. The van der Waals surface area contributed by atoms with Gasteiger partial charge in [0.15, 0.2) is 6.61 Å². The number of benzene rings is 2. The lowest BCUT2D eigenvalue weighted by atomic mass is 10.1. The van der Waals surface area contributed by atoms with Gasteiger partial charge in [-0.05, 0) is 55.8 Å². The number of aryl methyl sites for hydroxylation is 1. The van der Waals surface area contributed by atoms with Gasteiger partial charge in [0.05, 0.1) is 6.61 Å². The Balaban J connectivity index is 1.43. The molecule has 0 bridgehead atoms. The first-order valence-electron chi connectivity index (χ1n) is 10.1. The highest BCUT2D eigenvalue weighted by Gasteiger charge is 2.17. The van der Waals surface area contributed by atoms with Crippen LogP contribution in [-0.2, 0) is 11.3 Å². The van der Waals surface area contributed by atoms with Gasteiger partial charge in [0.25, 0.3) is 5.89 Å². The first kappa shape index (κ1) is 21.0. The van der Waals surface area contributed by atoms with Crippen LogP contribution in [0.5, 0.6) is 5.75 Å². The fraction of sp³-hybridized carbons (Fsp3) is 0.167. The molecule has 8 heteroatoms. The molecule has 162 valence electrons. The molecule has 0 fully saturated rings. The van der Waals surface area contributed by atoms with Crippen LogP contribution in [0.15, 0.2) is 71.4 Å². The second kappa shape index (κ2) is 9.74. The van der Waals surface area contributed by atoms with Gasteiger partial charge in [0, 0.05) is 17.4 Å². The van der Waals surface area contributed by atoms with Crippen molar-refractivity contribution in [2.45, 2.75) is 20.5 Å². The second-order valence-electron chi connectivity index (χ2n) is 6.88. The van der Waals surface area contributed by atoms with E-state index in [1.165, 1.54) is 0 Å². The molecule has 32 heavy (non-hydrogen) atoms. The number of nitrogens with one attached hydrogen (secondary N) is 1. The SMILES string of the molecule is CCOc1ccc(Nc2ncccc2C(=O)OCc2nc(-c3ccccc3C)no2)cc1. The molecule has 0 spiro atoms. The molecular formula is C24H22N4O4. The molecule has 0 aliphatic rings. The van der Waals surface area contributed by atoms with Gasteiger partial charge in [-0.2, -0.15) is 4.98 Å². The molecule has 0 saturated heterocycles. The predicted molar refractivity (Wildman–Crippen MR) is 119 cm³/mol. The molecule has 2 heterocycles.